The van der Waals surface area contributed by atoms with Gasteiger partial charge >= 0.3 is 0 Å². The van der Waals surface area contributed by atoms with Crippen LogP contribution in [-0.2, 0) is 0 Å². The van der Waals surface area contributed by atoms with Gasteiger partial charge in [-0.15, -0.1) is 0 Å². The van der Waals surface area contributed by atoms with Gasteiger partial charge in [-0.05, 0) is 40.9 Å². The van der Waals surface area contributed by atoms with Gasteiger partial charge in [0.25, 0.3) is 0 Å². The molecule has 0 aliphatic rings. The van der Waals surface area contributed by atoms with E-state index in [1.54, 1.807) is 7.11 Å². The number of nitrogens with zero attached hydrogens (tertiary/aromatic N) is 2. The van der Waals surface area contributed by atoms with Crippen molar-refractivity contribution in [1.82, 2.24) is 9.97 Å². The molecule has 0 aliphatic carbocycles. The quantitative estimate of drug-likeness (QED) is 0.864. The lowest BCUT2D eigenvalue weighted by Gasteiger charge is -2.14. The molecular weight excluding hydrogens is 330 g/mol. The summed E-state index contributed by atoms with van der Waals surface area (Å²) in [7, 11) is 1.66. The van der Waals surface area contributed by atoms with Crippen LogP contribution in [0.2, 0.25) is 0 Å². The highest BCUT2D eigenvalue weighted by Gasteiger charge is 2.15. The number of nitrogens with one attached hydrogen (secondary N) is 1. The monoisotopic (exact) mass is 349 g/mol. The zero-order valence-electron chi connectivity index (χ0n) is 12.8. The van der Waals surface area contributed by atoms with E-state index in [0.29, 0.717) is 11.7 Å². The average Bonchev–Trinajstić information content (AvgIpc) is 2.49. The highest BCUT2D eigenvalue weighted by molar-refractivity contribution is 9.10. The Balaban J connectivity index is 2.56. The average molecular weight is 350 g/mol. The second-order valence-corrected chi connectivity index (χ2v) is 5.81. The molecule has 112 valence electrons. The third-order valence-electron chi connectivity index (χ3n) is 3.10. The van der Waals surface area contributed by atoms with E-state index in [0.717, 1.165) is 33.8 Å². The standard InChI is InChI=1S/C16H20BrN3O/c1-5-18-16-13(17)14(10(2)3)19-15(20-16)11-7-6-8-12(9-11)21-4/h6-10H,5H2,1-4H3,(H,18,19,20). The van der Waals surface area contributed by atoms with E-state index < -0.39 is 0 Å². The molecule has 0 atom stereocenters. The van der Waals surface area contributed by atoms with E-state index in [1.165, 1.54) is 0 Å². The maximum absolute atomic E-state index is 5.28. The van der Waals surface area contributed by atoms with E-state index >= 15 is 0 Å². The van der Waals surface area contributed by atoms with Crippen LogP contribution in [0.15, 0.2) is 28.7 Å². The third kappa shape index (κ3) is 3.53. The molecule has 2 aromatic rings. The van der Waals surface area contributed by atoms with Gasteiger partial charge in [-0.2, -0.15) is 0 Å². The Kier molecular flexibility index (Phi) is 5.17. The van der Waals surface area contributed by atoms with Crippen molar-refractivity contribution >= 4 is 21.7 Å². The zero-order chi connectivity index (χ0) is 15.4. The SMILES string of the molecule is CCNc1nc(-c2cccc(OC)c2)nc(C(C)C)c1Br. The molecule has 0 amide bonds. The Hall–Kier alpha value is -1.62. The summed E-state index contributed by atoms with van der Waals surface area (Å²) in [5.41, 5.74) is 1.95. The maximum atomic E-state index is 5.28. The number of halogens is 1. The first-order chi connectivity index (χ1) is 10.1. The van der Waals surface area contributed by atoms with Crippen LogP contribution < -0.4 is 10.1 Å². The molecule has 0 fully saturated rings. The zero-order valence-corrected chi connectivity index (χ0v) is 14.4. The summed E-state index contributed by atoms with van der Waals surface area (Å²) in [5.74, 6) is 2.64. The minimum Gasteiger partial charge on any atom is -0.497 e. The molecule has 1 aromatic carbocycles. The van der Waals surface area contributed by atoms with Gasteiger partial charge in [-0.1, -0.05) is 26.0 Å². The number of methoxy groups -OCH3 is 1. The van der Waals surface area contributed by atoms with Crippen molar-refractivity contribution in [3.8, 4) is 17.1 Å². The lowest BCUT2D eigenvalue weighted by molar-refractivity contribution is 0.415. The van der Waals surface area contributed by atoms with Crippen LogP contribution in [0.1, 0.15) is 32.4 Å². The number of aromatic nitrogens is 2. The fraction of sp³-hybridized carbons (Fsp3) is 0.375. The molecule has 21 heavy (non-hydrogen) atoms. The van der Waals surface area contributed by atoms with Crippen molar-refractivity contribution in [2.45, 2.75) is 26.7 Å². The van der Waals surface area contributed by atoms with Gasteiger partial charge in [0.2, 0.25) is 0 Å². The van der Waals surface area contributed by atoms with Crippen LogP contribution in [0.25, 0.3) is 11.4 Å². The number of anilines is 1. The molecule has 0 saturated heterocycles. The van der Waals surface area contributed by atoms with Gasteiger partial charge in [0.15, 0.2) is 5.82 Å². The molecule has 0 unspecified atom stereocenters. The van der Waals surface area contributed by atoms with Gasteiger partial charge in [-0.25, -0.2) is 9.97 Å². The third-order valence-corrected chi connectivity index (χ3v) is 3.88. The first kappa shape index (κ1) is 15.8. The predicted octanol–water partition coefficient (Wildman–Crippen LogP) is 4.47. The largest absolute Gasteiger partial charge is 0.497 e. The number of ether oxygens (including phenoxy) is 1. The number of benzene rings is 1. The summed E-state index contributed by atoms with van der Waals surface area (Å²) < 4.78 is 6.21. The summed E-state index contributed by atoms with van der Waals surface area (Å²) in [6.45, 7) is 7.11. The molecule has 0 radical (unpaired) electrons. The van der Waals surface area contributed by atoms with Crippen LogP contribution in [-0.4, -0.2) is 23.6 Å². The van der Waals surface area contributed by atoms with Gasteiger partial charge in [0.05, 0.1) is 17.3 Å². The van der Waals surface area contributed by atoms with Gasteiger partial charge in [0.1, 0.15) is 11.6 Å². The van der Waals surface area contributed by atoms with Crippen molar-refractivity contribution in [2.24, 2.45) is 0 Å². The summed E-state index contributed by atoms with van der Waals surface area (Å²) in [6.07, 6.45) is 0. The lowest BCUT2D eigenvalue weighted by atomic mass is 10.1. The molecule has 0 aliphatic heterocycles. The fourth-order valence-electron chi connectivity index (χ4n) is 2.02. The smallest absolute Gasteiger partial charge is 0.161 e. The Morgan fingerprint density at radius 1 is 1.29 bits per heavy atom. The number of hydrogen-bond acceptors (Lipinski definition) is 4. The number of hydrogen-bond donors (Lipinski definition) is 1. The Bertz CT molecular complexity index is 629. The van der Waals surface area contributed by atoms with Crippen LogP contribution in [0.3, 0.4) is 0 Å². The molecule has 4 nitrogen and oxygen atoms in total. The molecule has 0 saturated carbocycles. The molecule has 1 heterocycles. The minimum absolute atomic E-state index is 0.309. The van der Waals surface area contributed by atoms with Crippen molar-refractivity contribution in [3.63, 3.8) is 0 Å². The van der Waals surface area contributed by atoms with E-state index in [1.807, 2.05) is 24.3 Å². The fourth-order valence-corrected chi connectivity index (χ4v) is 2.80. The van der Waals surface area contributed by atoms with Crippen molar-refractivity contribution in [2.75, 3.05) is 19.0 Å². The summed E-state index contributed by atoms with van der Waals surface area (Å²) >= 11 is 3.61. The van der Waals surface area contributed by atoms with Crippen molar-refractivity contribution in [1.29, 1.82) is 0 Å². The predicted molar refractivity (Wildman–Crippen MR) is 90.0 cm³/mol. The first-order valence-corrected chi connectivity index (χ1v) is 7.81. The maximum Gasteiger partial charge on any atom is 0.161 e. The van der Waals surface area contributed by atoms with Gasteiger partial charge in [0, 0.05) is 12.1 Å². The second kappa shape index (κ2) is 6.89. The summed E-state index contributed by atoms with van der Waals surface area (Å²) in [4.78, 5) is 9.33. The van der Waals surface area contributed by atoms with E-state index in [-0.39, 0.29) is 0 Å². The Morgan fingerprint density at radius 2 is 2.05 bits per heavy atom. The molecule has 0 spiro atoms. The van der Waals surface area contributed by atoms with Crippen molar-refractivity contribution in [3.05, 3.63) is 34.4 Å². The molecule has 5 heteroatoms. The highest BCUT2D eigenvalue weighted by atomic mass is 79.9. The van der Waals surface area contributed by atoms with Crippen LogP contribution in [0.4, 0.5) is 5.82 Å². The second-order valence-electron chi connectivity index (χ2n) is 5.01. The van der Waals surface area contributed by atoms with Crippen molar-refractivity contribution < 1.29 is 4.74 Å². The summed E-state index contributed by atoms with van der Waals surface area (Å²) in [6, 6.07) is 7.80. The number of rotatable bonds is 5. The molecule has 0 bridgehead atoms. The van der Waals surface area contributed by atoms with E-state index in [2.05, 4.69) is 47.0 Å². The lowest BCUT2D eigenvalue weighted by Crippen LogP contribution is -2.07. The molecule has 2 rings (SSSR count). The minimum atomic E-state index is 0.309. The van der Waals surface area contributed by atoms with Crippen LogP contribution in [0.5, 0.6) is 5.75 Å². The van der Waals surface area contributed by atoms with E-state index in [4.69, 9.17) is 9.72 Å². The topological polar surface area (TPSA) is 47.0 Å². The normalized spacial score (nSPS) is 10.8. The Morgan fingerprint density at radius 3 is 2.67 bits per heavy atom. The molecule has 1 N–H and O–H groups in total. The summed E-state index contributed by atoms with van der Waals surface area (Å²) in [5, 5.41) is 3.28. The van der Waals surface area contributed by atoms with E-state index in [9.17, 15) is 0 Å². The van der Waals surface area contributed by atoms with Crippen LogP contribution in [0, 0.1) is 0 Å². The van der Waals surface area contributed by atoms with Gasteiger partial charge < -0.3 is 10.1 Å². The van der Waals surface area contributed by atoms with Gasteiger partial charge in [-0.3, -0.25) is 0 Å². The Labute approximate surface area is 134 Å². The highest BCUT2D eigenvalue weighted by Crippen LogP contribution is 2.32. The molecule has 1 aromatic heterocycles. The molecular formula is C16H20BrN3O. The van der Waals surface area contributed by atoms with Crippen LogP contribution >= 0.6 is 15.9 Å². The first-order valence-electron chi connectivity index (χ1n) is 7.02.